The van der Waals surface area contributed by atoms with Gasteiger partial charge in [-0.2, -0.15) is 4.98 Å². The lowest BCUT2D eigenvalue weighted by Gasteiger charge is -2.18. The number of nitrogens with two attached hydrogens (primary N) is 1. The van der Waals surface area contributed by atoms with Crippen LogP contribution < -0.4 is 16.0 Å². The molecular weight excluding hydrogens is 244 g/mol. The summed E-state index contributed by atoms with van der Waals surface area (Å²) in [6, 6.07) is 1.67. The smallest absolute Gasteiger partial charge is 0.218 e. The number of nitrogens with zero attached hydrogens (tertiary/aromatic N) is 2. The highest BCUT2D eigenvalue weighted by Gasteiger charge is 2.19. The van der Waals surface area contributed by atoms with E-state index in [2.05, 4.69) is 15.4 Å². The van der Waals surface area contributed by atoms with Crippen LogP contribution in [0, 0.1) is 0 Å². The molecule has 0 saturated heterocycles. The Bertz CT molecular complexity index is 402. The van der Waals surface area contributed by atoms with Gasteiger partial charge in [0, 0.05) is 11.5 Å². The minimum Gasteiger partial charge on any atom is -0.475 e. The molecule has 6 heteroatoms. The lowest BCUT2D eigenvalue weighted by molar-refractivity contribution is 0.0541. The molecule has 1 aromatic rings. The molecule has 0 saturated carbocycles. The molecule has 0 atom stereocenters. The third-order valence-electron chi connectivity index (χ3n) is 2.31. The lowest BCUT2D eigenvalue weighted by Crippen LogP contribution is -2.20. The van der Waals surface area contributed by atoms with Crippen molar-refractivity contribution < 1.29 is 9.47 Å². The van der Waals surface area contributed by atoms with Crippen LogP contribution in [0.1, 0.15) is 40.4 Å². The first-order valence-corrected chi connectivity index (χ1v) is 6.43. The molecule has 3 N–H and O–H groups in total. The molecule has 108 valence electrons. The van der Waals surface area contributed by atoms with Gasteiger partial charge >= 0.3 is 0 Å². The molecule has 1 rings (SSSR count). The monoisotopic (exact) mass is 268 g/mol. The van der Waals surface area contributed by atoms with Crippen molar-refractivity contribution >= 4 is 5.82 Å². The van der Waals surface area contributed by atoms with Crippen molar-refractivity contribution in [1.82, 2.24) is 9.97 Å². The SMILES string of the molecule is CC(C)OCCOc1cc(NN)nc(C(C)(C)C)n1. The highest BCUT2D eigenvalue weighted by Crippen LogP contribution is 2.22. The molecule has 0 amide bonds. The maximum Gasteiger partial charge on any atom is 0.218 e. The van der Waals surface area contributed by atoms with E-state index in [1.807, 2.05) is 34.6 Å². The van der Waals surface area contributed by atoms with Crippen molar-refractivity contribution in [2.24, 2.45) is 5.84 Å². The van der Waals surface area contributed by atoms with Crippen LogP contribution in [0.4, 0.5) is 5.82 Å². The summed E-state index contributed by atoms with van der Waals surface area (Å²) in [7, 11) is 0. The van der Waals surface area contributed by atoms with Crippen LogP contribution >= 0.6 is 0 Å². The molecule has 6 nitrogen and oxygen atoms in total. The molecule has 1 aromatic heterocycles. The van der Waals surface area contributed by atoms with Crippen molar-refractivity contribution in [2.75, 3.05) is 18.6 Å². The Kier molecular flexibility index (Phi) is 5.50. The highest BCUT2D eigenvalue weighted by atomic mass is 16.5. The van der Waals surface area contributed by atoms with E-state index in [4.69, 9.17) is 15.3 Å². The number of nitrogen functional groups attached to an aromatic ring is 1. The fourth-order valence-electron chi connectivity index (χ4n) is 1.34. The average Bonchev–Trinajstić information content (AvgIpc) is 2.33. The molecule has 0 fully saturated rings. The molecule has 0 unspecified atom stereocenters. The van der Waals surface area contributed by atoms with Gasteiger partial charge in [-0.1, -0.05) is 20.8 Å². The van der Waals surface area contributed by atoms with Gasteiger partial charge < -0.3 is 14.9 Å². The molecule has 1 heterocycles. The second-order valence-corrected chi connectivity index (χ2v) is 5.58. The van der Waals surface area contributed by atoms with Gasteiger partial charge in [-0.25, -0.2) is 10.8 Å². The Hall–Kier alpha value is -1.40. The standard InChI is InChI=1S/C13H24N4O2/c1-9(2)18-6-7-19-11-8-10(17-14)15-12(16-11)13(3,4)5/h8-9H,6-7,14H2,1-5H3,(H,15,16,17). The van der Waals surface area contributed by atoms with Gasteiger partial charge in [0.15, 0.2) is 0 Å². The first kappa shape index (κ1) is 15.7. The summed E-state index contributed by atoms with van der Waals surface area (Å²) in [5.41, 5.74) is 2.36. The number of hydrazine groups is 1. The van der Waals surface area contributed by atoms with Gasteiger partial charge in [-0.05, 0) is 13.8 Å². The van der Waals surface area contributed by atoms with Crippen molar-refractivity contribution in [3.63, 3.8) is 0 Å². The summed E-state index contributed by atoms with van der Waals surface area (Å²) in [6.07, 6.45) is 0.195. The second kappa shape index (κ2) is 6.68. The summed E-state index contributed by atoms with van der Waals surface area (Å²) in [6.45, 7) is 11.1. The molecule has 0 aliphatic rings. The third kappa shape index (κ3) is 5.40. The van der Waals surface area contributed by atoms with Crippen molar-refractivity contribution in [3.05, 3.63) is 11.9 Å². The normalized spacial score (nSPS) is 11.7. The van der Waals surface area contributed by atoms with Gasteiger partial charge in [0.05, 0.1) is 12.7 Å². The van der Waals surface area contributed by atoms with Gasteiger partial charge in [0.2, 0.25) is 5.88 Å². The van der Waals surface area contributed by atoms with E-state index in [1.54, 1.807) is 6.07 Å². The zero-order chi connectivity index (χ0) is 14.5. The van der Waals surface area contributed by atoms with Crippen LogP contribution in [0.15, 0.2) is 6.07 Å². The molecule has 0 spiro atoms. The van der Waals surface area contributed by atoms with E-state index >= 15 is 0 Å². The molecule has 0 aliphatic heterocycles. The summed E-state index contributed by atoms with van der Waals surface area (Å²) < 4.78 is 11.0. The number of rotatable bonds is 6. The van der Waals surface area contributed by atoms with Gasteiger partial charge in [-0.15, -0.1) is 0 Å². The second-order valence-electron chi connectivity index (χ2n) is 5.58. The maximum absolute atomic E-state index is 5.56. The Morgan fingerprint density at radius 1 is 1.26 bits per heavy atom. The Labute approximate surface area is 114 Å². The van der Waals surface area contributed by atoms with E-state index in [1.165, 1.54) is 0 Å². The van der Waals surface area contributed by atoms with Crippen LogP contribution in [0.2, 0.25) is 0 Å². The quantitative estimate of drug-likeness (QED) is 0.465. The molecular formula is C13H24N4O2. The molecule has 0 aromatic carbocycles. The average molecular weight is 268 g/mol. The Balaban J connectivity index is 2.72. The van der Waals surface area contributed by atoms with Gasteiger partial charge in [-0.3, -0.25) is 0 Å². The first-order chi connectivity index (χ1) is 8.82. The minimum atomic E-state index is -0.167. The fourth-order valence-corrected chi connectivity index (χ4v) is 1.34. The predicted molar refractivity (Wildman–Crippen MR) is 75.1 cm³/mol. The number of anilines is 1. The zero-order valence-electron chi connectivity index (χ0n) is 12.4. The Morgan fingerprint density at radius 3 is 2.47 bits per heavy atom. The lowest BCUT2D eigenvalue weighted by atomic mass is 9.96. The predicted octanol–water partition coefficient (Wildman–Crippen LogP) is 1.86. The summed E-state index contributed by atoms with van der Waals surface area (Å²) >= 11 is 0. The van der Waals surface area contributed by atoms with E-state index < -0.39 is 0 Å². The molecule has 0 aliphatic carbocycles. The van der Waals surface area contributed by atoms with Crippen LogP contribution in [0.25, 0.3) is 0 Å². The number of aromatic nitrogens is 2. The van der Waals surface area contributed by atoms with Crippen LogP contribution in [-0.2, 0) is 10.2 Å². The van der Waals surface area contributed by atoms with Crippen molar-refractivity contribution in [2.45, 2.75) is 46.1 Å². The van der Waals surface area contributed by atoms with Crippen molar-refractivity contribution in [1.29, 1.82) is 0 Å². The van der Waals surface area contributed by atoms with E-state index in [0.717, 1.165) is 0 Å². The number of hydrogen-bond acceptors (Lipinski definition) is 6. The summed E-state index contributed by atoms with van der Waals surface area (Å²) in [5, 5.41) is 0. The largest absolute Gasteiger partial charge is 0.475 e. The van der Waals surface area contributed by atoms with Crippen molar-refractivity contribution in [3.8, 4) is 5.88 Å². The zero-order valence-corrected chi connectivity index (χ0v) is 12.4. The van der Waals surface area contributed by atoms with Crippen LogP contribution in [-0.4, -0.2) is 29.3 Å². The molecule has 19 heavy (non-hydrogen) atoms. The van der Waals surface area contributed by atoms with Crippen LogP contribution in [0.5, 0.6) is 5.88 Å². The first-order valence-electron chi connectivity index (χ1n) is 6.43. The topological polar surface area (TPSA) is 82.3 Å². The van der Waals surface area contributed by atoms with E-state index in [0.29, 0.717) is 30.7 Å². The number of ether oxygens (including phenoxy) is 2. The summed E-state index contributed by atoms with van der Waals surface area (Å²) in [5.74, 6) is 7.13. The van der Waals surface area contributed by atoms with E-state index in [9.17, 15) is 0 Å². The number of hydrogen-bond donors (Lipinski definition) is 2. The van der Waals surface area contributed by atoms with E-state index in [-0.39, 0.29) is 11.5 Å². The third-order valence-corrected chi connectivity index (χ3v) is 2.31. The minimum absolute atomic E-state index is 0.167. The maximum atomic E-state index is 5.56. The molecule has 0 bridgehead atoms. The highest BCUT2D eigenvalue weighted by molar-refractivity contribution is 5.37. The molecule has 0 radical (unpaired) electrons. The van der Waals surface area contributed by atoms with Crippen LogP contribution in [0.3, 0.4) is 0 Å². The Morgan fingerprint density at radius 2 is 1.95 bits per heavy atom. The number of nitrogens with one attached hydrogen (secondary N) is 1. The van der Waals surface area contributed by atoms with Gasteiger partial charge in [0.1, 0.15) is 18.2 Å². The van der Waals surface area contributed by atoms with Gasteiger partial charge in [0.25, 0.3) is 0 Å². The fraction of sp³-hybridized carbons (Fsp3) is 0.692. The summed E-state index contributed by atoms with van der Waals surface area (Å²) in [4.78, 5) is 8.71.